The maximum absolute atomic E-state index is 11.9. The molecule has 1 aromatic carbocycles. The van der Waals surface area contributed by atoms with Gasteiger partial charge in [-0.1, -0.05) is 18.2 Å². The van der Waals surface area contributed by atoms with Crippen LogP contribution < -0.4 is 5.32 Å². The molecule has 0 aliphatic carbocycles. The Morgan fingerprint density at radius 3 is 3.00 bits per heavy atom. The van der Waals surface area contributed by atoms with Crippen LogP contribution in [0.4, 0.5) is 5.69 Å². The van der Waals surface area contributed by atoms with Crippen molar-refractivity contribution in [3.8, 4) is 0 Å². The van der Waals surface area contributed by atoms with Crippen LogP contribution >= 0.6 is 11.8 Å². The first kappa shape index (κ1) is 12.5. The molecule has 1 aliphatic rings. The molecular formula is C14H19NOS. The highest BCUT2D eigenvalue weighted by Gasteiger charge is 2.17. The Balaban J connectivity index is 1.86. The lowest BCUT2D eigenvalue weighted by molar-refractivity contribution is -0.117. The highest BCUT2D eigenvalue weighted by atomic mass is 32.2. The molecule has 92 valence electrons. The van der Waals surface area contributed by atoms with E-state index in [4.69, 9.17) is 0 Å². The number of benzene rings is 1. The number of nitrogens with one attached hydrogen (secondary N) is 1. The molecule has 1 aromatic rings. The Labute approximate surface area is 107 Å². The summed E-state index contributed by atoms with van der Waals surface area (Å²) in [5.74, 6) is 3.13. The zero-order valence-corrected chi connectivity index (χ0v) is 11.1. The number of anilines is 1. The van der Waals surface area contributed by atoms with E-state index in [0.29, 0.717) is 12.3 Å². The molecule has 1 aliphatic heterocycles. The van der Waals surface area contributed by atoms with Crippen LogP contribution in [0.25, 0.3) is 0 Å². The number of carbonyl (C=O) groups is 1. The third-order valence-electron chi connectivity index (χ3n) is 3.15. The van der Waals surface area contributed by atoms with Gasteiger partial charge in [0, 0.05) is 12.1 Å². The van der Waals surface area contributed by atoms with Gasteiger partial charge in [0.2, 0.25) is 5.91 Å². The van der Waals surface area contributed by atoms with Crippen molar-refractivity contribution >= 4 is 23.4 Å². The minimum absolute atomic E-state index is 0.159. The van der Waals surface area contributed by atoms with Gasteiger partial charge in [0.1, 0.15) is 0 Å². The summed E-state index contributed by atoms with van der Waals surface area (Å²) in [4.78, 5) is 11.9. The van der Waals surface area contributed by atoms with Crippen molar-refractivity contribution in [1.82, 2.24) is 0 Å². The normalized spacial score (nSPS) is 19.9. The van der Waals surface area contributed by atoms with Gasteiger partial charge >= 0.3 is 0 Å². The van der Waals surface area contributed by atoms with E-state index in [2.05, 4.69) is 5.32 Å². The molecular weight excluding hydrogens is 230 g/mol. The minimum atomic E-state index is 0.159. The van der Waals surface area contributed by atoms with Gasteiger partial charge < -0.3 is 5.32 Å². The highest BCUT2D eigenvalue weighted by Crippen LogP contribution is 2.25. The largest absolute Gasteiger partial charge is 0.326 e. The van der Waals surface area contributed by atoms with Gasteiger partial charge in [0.15, 0.2) is 0 Å². The number of hydrogen-bond donors (Lipinski definition) is 1. The fourth-order valence-electron chi connectivity index (χ4n) is 2.14. The molecule has 1 fully saturated rings. The van der Waals surface area contributed by atoms with Gasteiger partial charge in [-0.3, -0.25) is 4.79 Å². The predicted octanol–water partition coefficient (Wildman–Crippen LogP) is 3.47. The summed E-state index contributed by atoms with van der Waals surface area (Å²) in [5.41, 5.74) is 2.07. The van der Waals surface area contributed by atoms with E-state index >= 15 is 0 Å². The highest BCUT2D eigenvalue weighted by molar-refractivity contribution is 7.99. The third-order valence-corrected chi connectivity index (χ3v) is 4.43. The second-order valence-corrected chi connectivity index (χ2v) is 5.80. The number of aryl methyl sites for hydroxylation is 1. The van der Waals surface area contributed by atoms with Crippen molar-refractivity contribution < 1.29 is 4.79 Å². The Bertz CT molecular complexity index is 386. The summed E-state index contributed by atoms with van der Waals surface area (Å²) < 4.78 is 0. The molecule has 1 unspecified atom stereocenters. The third kappa shape index (κ3) is 3.77. The van der Waals surface area contributed by atoms with Crippen LogP contribution in [0.2, 0.25) is 0 Å². The molecule has 2 nitrogen and oxygen atoms in total. The second kappa shape index (κ2) is 6.10. The van der Waals surface area contributed by atoms with Crippen LogP contribution in [0.3, 0.4) is 0 Å². The first-order chi connectivity index (χ1) is 8.25. The van der Waals surface area contributed by atoms with Gasteiger partial charge in [-0.2, -0.15) is 11.8 Å². The smallest absolute Gasteiger partial charge is 0.224 e. The van der Waals surface area contributed by atoms with E-state index < -0.39 is 0 Å². The van der Waals surface area contributed by atoms with Gasteiger partial charge in [0.25, 0.3) is 0 Å². The van der Waals surface area contributed by atoms with Crippen molar-refractivity contribution in [3.63, 3.8) is 0 Å². The van der Waals surface area contributed by atoms with Gasteiger partial charge in [-0.05, 0) is 48.8 Å². The van der Waals surface area contributed by atoms with Gasteiger partial charge in [0.05, 0.1) is 0 Å². The van der Waals surface area contributed by atoms with E-state index in [1.165, 1.54) is 18.6 Å². The molecule has 0 bridgehead atoms. The number of hydrogen-bond acceptors (Lipinski definition) is 2. The summed E-state index contributed by atoms with van der Waals surface area (Å²) in [6.07, 6.45) is 3.13. The van der Waals surface area contributed by atoms with E-state index in [1.807, 2.05) is 43.0 Å². The van der Waals surface area contributed by atoms with Crippen molar-refractivity contribution in [2.45, 2.75) is 26.2 Å². The van der Waals surface area contributed by atoms with Crippen LogP contribution in [0.15, 0.2) is 24.3 Å². The topological polar surface area (TPSA) is 29.1 Å². The molecule has 17 heavy (non-hydrogen) atoms. The molecule has 1 amide bonds. The van der Waals surface area contributed by atoms with E-state index in [0.717, 1.165) is 17.0 Å². The standard InChI is InChI=1S/C14H19NOS/c1-11-5-2-3-7-13(11)15-14(16)9-12-6-4-8-17-10-12/h2-3,5,7,12H,4,6,8-10H2,1H3,(H,15,16). The summed E-state index contributed by atoms with van der Waals surface area (Å²) >= 11 is 1.97. The lowest BCUT2D eigenvalue weighted by Gasteiger charge is -2.20. The Morgan fingerprint density at radius 2 is 2.29 bits per heavy atom. The molecule has 0 radical (unpaired) electrons. The molecule has 0 aromatic heterocycles. The molecule has 1 atom stereocenters. The number of thioether (sulfide) groups is 1. The van der Waals surface area contributed by atoms with Crippen LogP contribution in [0, 0.1) is 12.8 Å². The first-order valence-electron chi connectivity index (χ1n) is 6.19. The quantitative estimate of drug-likeness (QED) is 0.888. The van der Waals surface area contributed by atoms with E-state index in [-0.39, 0.29) is 5.91 Å². The van der Waals surface area contributed by atoms with E-state index in [1.54, 1.807) is 0 Å². The number of rotatable bonds is 3. The summed E-state index contributed by atoms with van der Waals surface area (Å²) in [6, 6.07) is 7.93. The van der Waals surface area contributed by atoms with Crippen LogP contribution in [0.1, 0.15) is 24.8 Å². The lowest BCUT2D eigenvalue weighted by atomic mass is 10.0. The molecule has 1 heterocycles. The van der Waals surface area contributed by atoms with Crippen molar-refractivity contribution in [1.29, 1.82) is 0 Å². The summed E-state index contributed by atoms with van der Waals surface area (Å²) in [5, 5.41) is 3.01. The predicted molar refractivity (Wildman–Crippen MR) is 74.5 cm³/mol. The Hall–Kier alpha value is -0.960. The second-order valence-electron chi connectivity index (χ2n) is 4.65. The Kier molecular flexibility index (Phi) is 4.49. The molecule has 1 N–H and O–H groups in total. The van der Waals surface area contributed by atoms with Crippen LogP contribution in [-0.4, -0.2) is 17.4 Å². The average molecular weight is 249 g/mol. The molecule has 0 saturated carbocycles. The summed E-state index contributed by atoms with van der Waals surface area (Å²) in [6.45, 7) is 2.02. The Morgan fingerprint density at radius 1 is 1.47 bits per heavy atom. The van der Waals surface area contributed by atoms with Gasteiger partial charge in [-0.15, -0.1) is 0 Å². The molecule has 2 rings (SSSR count). The maximum atomic E-state index is 11.9. The lowest BCUT2D eigenvalue weighted by Crippen LogP contribution is -2.20. The van der Waals surface area contributed by atoms with Crippen molar-refractivity contribution in [2.75, 3.05) is 16.8 Å². The number of carbonyl (C=O) groups excluding carboxylic acids is 1. The van der Waals surface area contributed by atoms with E-state index in [9.17, 15) is 4.79 Å². The maximum Gasteiger partial charge on any atom is 0.224 e. The number of para-hydroxylation sites is 1. The fourth-order valence-corrected chi connectivity index (χ4v) is 3.30. The average Bonchev–Trinajstić information content (AvgIpc) is 2.33. The van der Waals surface area contributed by atoms with Crippen LogP contribution in [0.5, 0.6) is 0 Å². The molecule has 1 saturated heterocycles. The van der Waals surface area contributed by atoms with Crippen molar-refractivity contribution in [3.05, 3.63) is 29.8 Å². The number of amides is 1. The molecule has 3 heteroatoms. The zero-order valence-electron chi connectivity index (χ0n) is 10.2. The minimum Gasteiger partial charge on any atom is -0.326 e. The summed E-state index contributed by atoms with van der Waals surface area (Å²) in [7, 11) is 0. The molecule has 0 spiro atoms. The zero-order chi connectivity index (χ0) is 12.1. The SMILES string of the molecule is Cc1ccccc1NC(=O)CC1CCCSC1. The van der Waals surface area contributed by atoms with Gasteiger partial charge in [-0.25, -0.2) is 0 Å². The van der Waals surface area contributed by atoms with Crippen LogP contribution in [-0.2, 0) is 4.79 Å². The monoisotopic (exact) mass is 249 g/mol. The van der Waals surface area contributed by atoms with Crippen molar-refractivity contribution in [2.24, 2.45) is 5.92 Å². The fraction of sp³-hybridized carbons (Fsp3) is 0.500. The first-order valence-corrected chi connectivity index (χ1v) is 7.34.